The Kier molecular flexibility index (Phi) is 4.55. The van der Waals surface area contributed by atoms with Crippen LogP contribution in [0.3, 0.4) is 0 Å². The van der Waals surface area contributed by atoms with Crippen molar-refractivity contribution >= 4 is 22.6 Å². The molecule has 0 radical (unpaired) electrons. The van der Waals surface area contributed by atoms with Crippen molar-refractivity contribution in [1.29, 1.82) is 0 Å². The number of para-hydroxylation sites is 1. The molecule has 0 aliphatic carbocycles. The van der Waals surface area contributed by atoms with Gasteiger partial charge in [0.1, 0.15) is 17.1 Å². The van der Waals surface area contributed by atoms with E-state index in [1.807, 2.05) is 25.1 Å². The largest absolute Gasteiger partial charge is 0.492 e. The summed E-state index contributed by atoms with van der Waals surface area (Å²) in [5.74, 6) is 1.98. The summed E-state index contributed by atoms with van der Waals surface area (Å²) in [5.41, 5.74) is 1.65. The number of halogens is 1. The first-order chi connectivity index (χ1) is 9.55. The van der Waals surface area contributed by atoms with Gasteiger partial charge in [-0.2, -0.15) is 0 Å². The van der Waals surface area contributed by atoms with Gasteiger partial charge in [0.05, 0.1) is 30.1 Å². The van der Waals surface area contributed by atoms with Crippen LogP contribution in [0.15, 0.2) is 18.2 Å². The minimum Gasteiger partial charge on any atom is -0.492 e. The average Bonchev–Trinajstić information content (AvgIpc) is 2.79. The lowest BCUT2D eigenvalue weighted by Gasteiger charge is -2.28. The summed E-state index contributed by atoms with van der Waals surface area (Å²) in [6.07, 6.45) is 0. The maximum absolute atomic E-state index is 6.07. The Morgan fingerprint density at radius 3 is 2.70 bits per heavy atom. The van der Waals surface area contributed by atoms with E-state index in [-0.39, 0.29) is 5.54 Å². The van der Waals surface area contributed by atoms with Crippen LogP contribution >= 0.6 is 11.6 Å². The van der Waals surface area contributed by atoms with Crippen LogP contribution < -0.4 is 4.74 Å². The number of methoxy groups -OCH3 is 1. The fraction of sp³-hybridized carbons (Fsp3) is 0.533. The number of aromatic nitrogens is 2. The number of ether oxygens (including phenoxy) is 2. The Labute approximate surface area is 124 Å². The zero-order valence-corrected chi connectivity index (χ0v) is 13.2. The Hall–Kier alpha value is -1.26. The van der Waals surface area contributed by atoms with Crippen LogP contribution in [0.5, 0.6) is 5.75 Å². The third-order valence-corrected chi connectivity index (χ3v) is 3.48. The SMILES string of the molecule is CCOc1cccc2c1nc(CCl)n2C(C)(C)COC. The van der Waals surface area contributed by atoms with Gasteiger partial charge in [-0.1, -0.05) is 6.07 Å². The quantitative estimate of drug-likeness (QED) is 0.765. The summed E-state index contributed by atoms with van der Waals surface area (Å²) in [7, 11) is 1.70. The average molecular weight is 297 g/mol. The highest BCUT2D eigenvalue weighted by atomic mass is 35.5. The van der Waals surface area contributed by atoms with Crippen molar-refractivity contribution in [2.45, 2.75) is 32.2 Å². The van der Waals surface area contributed by atoms with Crippen LogP contribution in [-0.2, 0) is 16.2 Å². The lowest BCUT2D eigenvalue weighted by atomic mass is 10.1. The maximum Gasteiger partial charge on any atom is 0.147 e. The van der Waals surface area contributed by atoms with E-state index in [4.69, 9.17) is 21.1 Å². The molecule has 4 nitrogen and oxygen atoms in total. The molecule has 0 saturated carbocycles. The summed E-state index contributed by atoms with van der Waals surface area (Å²) in [4.78, 5) is 4.65. The number of nitrogens with zero attached hydrogens (tertiary/aromatic N) is 2. The fourth-order valence-electron chi connectivity index (χ4n) is 2.58. The smallest absolute Gasteiger partial charge is 0.147 e. The number of rotatable bonds is 6. The van der Waals surface area contributed by atoms with Crippen molar-refractivity contribution in [2.75, 3.05) is 20.3 Å². The minimum atomic E-state index is -0.224. The van der Waals surface area contributed by atoms with Crippen molar-refractivity contribution in [3.8, 4) is 5.75 Å². The number of alkyl halides is 1. The summed E-state index contributed by atoms with van der Waals surface area (Å²) in [6, 6.07) is 5.95. The monoisotopic (exact) mass is 296 g/mol. The van der Waals surface area contributed by atoms with Crippen molar-refractivity contribution < 1.29 is 9.47 Å². The van der Waals surface area contributed by atoms with Gasteiger partial charge in [-0.15, -0.1) is 11.6 Å². The van der Waals surface area contributed by atoms with E-state index >= 15 is 0 Å². The maximum atomic E-state index is 6.07. The molecule has 0 amide bonds. The standard InChI is InChI=1S/C15H21ClN2O2/c1-5-20-12-8-6-7-11-14(12)17-13(9-16)18(11)15(2,3)10-19-4/h6-8H,5,9-10H2,1-4H3. The van der Waals surface area contributed by atoms with Gasteiger partial charge in [-0.25, -0.2) is 4.98 Å². The Morgan fingerprint density at radius 1 is 1.35 bits per heavy atom. The normalized spacial score (nSPS) is 12.1. The molecular formula is C15H21ClN2O2. The second-order valence-electron chi connectivity index (χ2n) is 5.30. The highest BCUT2D eigenvalue weighted by Crippen LogP contribution is 2.31. The molecule has 20 heavy (non-hydrogen) atoms. The predicted molar refractivity (Wildman–Crippen MR) is 81.7 cm³/mol. The minimum absolute atomic E-state index is 0.224. The van der Waals surface area contributed by atoms with Gasteiger partial charge >= 0.3 is 0 Å². The molecule has 0 unspecified atom stereocenters. The summed E-state index contributed by atoms with van der Waals surface area (Å²) >= 11 is 6.07. The molecule has 1 heterocycles. The lowest BCUT2D eigenvalue weighted by Crippen LogP contribution is -2.32. The van der Waals surface area contributed by atoms with Crippen molar-refractivity contribution in [3.63, 3.8) is 0 Å². The van der Waals surface area contributed by atoms with Crippen molar-refractivity contribution in [1.82, 2.24) is 9.55 Å². The molecule has 0 bridgehead atoms. The highest BCUT2D eigenvalue weighted by Gasteiger charge is 2.26. The molecule has 1 aromatic carbocycles. The van der Waals surface area contributed by atoms with Crippen LogP contribution in [0.25, 0.3) is 11.0 Å². The van der Waals surface area contributed by atoms with E-state index in [9.17, 15) is 0 Å². The van der Waals surface area contributed by atoms with Crippen molar-refractivity contribution in [2.24, 2.45) is 0 Å². The molecule has 110 valence electrons. The third-order valence-electron chi connectivity index (χ3n) is 3.24. The Morgan fingerprint density at radius 2 is 2.10 bits per heavy atom. The van der Waals surface area contributed by atoms with Gasteiger partial charge in [-0.05, 0) is 32.9 Å². The van der Waals surface area contributed by atoms with Gasteiger partial charge < -0.3 is 14.0 Å². The summed E-state index contributed by atoms with van der Waals surface area (Å²) in [5, 5.41) is 0. The van der Waals surface area contributed by atoms with Gasteiger partial charge in [0.25, 0.3) is 0 Å². The highest BCUT2D eigenvalue weighted by molar-refractivity contribution is 6.16. The van der Waals surface area contributed by atoms with Crippen LogP contribution in [0.1, 0.15) is 26.6 Å². The molecule has 2 aromatic rings. The Bertz CT molecular complexity index is 593. The van der Waals surface area contributed by atoms with Crippen LogP contribution in [0.4, 0.5) is 0 Å². The van der Waals surface area contributed by atoms with Crippen LogP contribution in [0.2, 0.25) is 0 Å². The molecule has 2 rings (SSSR count). The number of hydrogen-bond donors (Lipinski definition) is 0. The fourth-order valence-corrected chi connectivity index (χ4v) is 2.76. The number of benzene rings is 1. The van der Waals surface area contributed by atoms with Gasteiger partial charge in [0, 0.05) is 7.11 Å². The van der Waals surface area contributed by atoms with E-state index in [1.54, 1.807) is 7.11 Å². The van der Waals surface area contributed by atoms with Crippen LogP contribution in [-0.4, -0.2) is 29.9 Å². The third kappa shape index (κ3) is 2.63. The second-order valence-corrected chi connectivity index (χ2v) is 5.57. The predicted octanol–water partition coefficient (Wildman–Crippen LogP) is 3.56. The molecular weight excluding hydrogens is 276 g/mol. The molecule has 0 aliphatic heterocycles. The van der Waals surface area contributed by atoms with Gasteiger partial charge in [0.15, 0.2) is 0 Å². The first-order valence-corrected chi connectivity index (χ1v) is 7.27. The molecule has 0 atom stereocenters. The summed E-state index contributed by atoms with van der Waals surface area (Å²) in [6.45, 7) is 7.39. The number of hydrogen-bond acceptors (Lipinski definition) is 3. The lowest BCUT2D eigenvalue weighted by molar-refractivity contribution is 0.110. The van der Waals surface area contributed by atoms with Crippen LogP contribution in [0, 0.1) is 0 Å². The molecule has 0 aliphatic rings. The molecule has 0 N–H and O–H groups in total. The zero-order chi connectivity index (χ0) is 14.8. The van der Waals surface area contributed by atoms with Gasteiger partial charge in [-0.3, -0.25) is 0 Å². The topological polar surface area (TPSA) is 36.3 Å². The van der Waals surface area contributed by atoms with E-state index in [2.05, 4.69) is 23.4 Å². The van der Waals surface area contributed by atoms with E-state index < -0.39 is 0 Å². The molecule has 1 aromatic heterocycles. The molecule has 0 fully saturated rings. The zero-order valence-electron chi connectivity index (χ0n) is 12.4. The van der Waals surface area contributed by atoms with E-state index in [0.717, 1.165) is 22.6 Å². The molecule has 0 saturated heterocycles. The van der Waals surface area contributed by atoms with E-state index in [0.29, 0.717) is 19.1 Å². The first kappa shape index (κ1) is 15.1. The number of imidazole rings is 1. The molecule has 5 heteroatoms. The summed E-state index contributed by atoms with van der Waals surface area (Å²) < 4.78 is 13.1. The second kappa shape index (κ2) is 6.02. The molecule has 0 spiro atoms. The number of fused-ring (bicyclic) bond motifs is 1. The first-order valence-electron chi connectivity index (χ1n) is 6.73. The van der Waals surface area contributed by atoms with Crippen molar-refractivity contribution in [3.05, 3.63) is 24.0 Å². The van der Waals surface area contributed by atoms with Gasteiger partial charge in [0.2, 0.25) is 0 Å². The van der Waals surface area contributed by atoms with E-state index in [1.165, 1.54) is 0 Å². The Balaban J connectivity index is 2.67.